The maximum absolute atomic E-state index is 12.9. The van der Waals surface area contributed by atoms with E-state index in [1.54, 1.807) is 13.4 Å². The van der Waals surface area contributed by atoms with E-state index < -0.39 is 17.7 Å². The molecule has 49 heavy (non-hydrogen) atoms. The Morgan fingerprint density at radius 2 is 1.67 bits per heavy atom. The summed E-state index contributed by atoms with van der Waals surface area (Å²) in [7, 11) is 1.67. The number of hydrogen-bond donors (Lipinski definition) is 1. The molecule has 2 aromatic carbocycles. The average Bonchev–Trinajstić information content (AvgIpc) is 3.06. The Hall–Kier alpha value is -4.50. The van der Waals surface area contributed by atoms with Crippen LogP contribution < -0.4 is 14.5 Å². The minimum atomic E-state index is -1.14. The summed E-state index contributed by atoms with van der Waals surface area (Å²) in [6, 6.07) is 16.6. The van der Waals surface area contributed by atoms with Gasteiger partial charge in [-0.15, -0.1) is 0 Å². The molecule has 0 unspecified atom stereocenters. The molecule has 1 saturated heterocycles. The minimum Gasteiger partial charge on any atom is -0.497 e. The summed E-state index contributed by atoms with van der Waals surface area (Å²) >= 11 is 0. The third-order valence-electron chi connectivity index (χ3n) is 9.82. The van der Waals surface area contributed by atoms with Gasteiger partial charge in [0.15, 0.2) is 6.10 Å². The summed E-state index contributed by atoms with van der Waals surface area (Å²) in [4.78, 5) is 31.7. The Kier molecular flexibility index (Phi) is 9.42. The number of ether oxygens (including phenoxy) is 2. The molecule has 6 rings (SSSR count). The molecule has 0 spiro atoms. The number of rotatable bonds is 8. The van der Waals surface area contributed by atoms with Gasteiger partial charge < -0.3 is 24.4 Å². The molecule has 1 atom stereocenters. The molecule has 2 aliphatic rings. The highest BCUT2D eigenvalue weighted by Crippen LogP contribution is 2.45. The summed E-state index contributed by atoms with van der Waals surface area (Å²) < 4.78 is 11.7. The van der Waals surface area contributed by atoms with Crippen LogP contribution in [0.15, 0.2) is 54.9 Å². The zero-order valence-corrected chi connectivity index (χ0v) is 30.1. The first kappa shape index (κ1) is 34.4. The van der Waals surface area contributed by atoms with E-state index in [-0.39, 0.29) is 5.41 Å². The molecule has 9 nitrogen and oxygen atoms in total. The molecule has 1 N–H and O–H groups in total. The number of anilines is 2. The molecule has 0 aliphatic carbocycles. The standard InChI is InChI=1S/C40H49N5O4/c1-25-34(36(44-18-15-40(6,7)16-19-44)35(26(2)43-25)37(38(46)47)49-39(3,4)5)29-12-13-30-23-45(17-14-27(30)20-29)33-22-32(41-24-42-33)28-10-9-11-31(21-28)48-8/h9-13,20-22,24,37H,14-19,23H2,1-8H3,(H,46,47)/t37-/m0/s1. The van der Waals surface area contributed by atoms with Crippen molar-refractivity contribution in [1.82, 2.24) is 15.0 Å². The topological polar surface area (TPSA) is 101 Å². The molecule has 0 saturated carbocycles. The summed E-state index contributed by atoms with van der Waals surface area (Å²) in [6.45, 7) is 17.5. The van der Waals surface area contributed by atoms with Gasteiger partial charge in [-0.05, 0) is 88.1 Å². The second-order valence-electron chi connectivity index (χ2n) is 15.2. The smallest absolute Gasteiger partial charge is 0.337 e. The van der Waals surface area contributed by atoms with Crippen LogP contribution in [0, 0.1) is 19.3 Å². The number of aryl methyl sites for hydroxylation is 2. The van der Waals surface area contributed by atoms with Crippen molar-refractivity contribution in [3.63, 3.8) is 0 Å². The van der Waals surface area contributed by atoms with Crippen molar-refractivity contribution in [3.8, 4) is 28.1 Å². The lowest BCUT2D eigenvalue weighted by Gasteiger charge is -2.41. The number of methoxy groups -OCH3 is 1. The van der Waals surface area contributed by atoms with Crippen molar-refractivity contribution in [3.05, 3.63) is 82.9 Å². The van der Waals surface area contributed by atoms with Crippen molar-refractivity contribution in [2.45, 2.75) is 86.0 Å². The van der Waals surface area contributed by atoms with E-state index in [1.165, 1.54) is 11.1 Å². The van der Waals surface area contributed by atoms with Gasteiger partial charge in [0.25, 0.3) is 0 Å². The van der Waals surface area contributed by atoms with Crippen molar-refractivity contribution in [2.75, 3.05) is 36.5 Å². The van der Waals surface area contributed by atoms with Gasteiger partial charge in [-0.2, -0.15) is 0 Å². The van der Waals surface area contributed by atoms with Gasteiger partial charge in [-0.25, -0.2) is 14.8 Å². The maximum atomic E-state index is 12.9. The molecule has 9 heteroatoms. The molecule has 0 amide bonds. The van der Waals surface area contributed by atoms with Gasteiger partial charge in [0.1, 0.15) is 17.9 Å². The molecule has 2 aromatic heterocycles. The fraction of sp³-hybridized carbons (Fsp3) is 0.450. The second kappa shape index (κ2) is 13.4. The molecular formula is C40H49N5O4. The number of aromatic nitrogens is 3. The van der Waals surface area contributed by atoms with Crippen LogP contribution in [0.2, 0.25) is 0 Å². The number of fused-ring (bicyclic) bond motifs is 1. The number of hydrogen-bond acceptors (Lipinski definition) is 8. The van der Waals surface area contributed by atoms with E-state index in [0.717, 1.165) is 90.8 Å². The largest absolute Gasteiger partial charge is 0.497 e. The molecule has 4 aromatic rings. The number of piperidine rings is 1. The van der Waals surface area contributed by atoms with E-state index >= 15 is 0 Å². The highest BCUT2D eigenvalue weighted by molar-refractivity contribution is 5.88. The van der Waals surface area contributed by atoms with Crippen molar-refractivity contribution in [1.29, 1.82) is 0 Å². The lowest BCUT2D eigenvalue weighted by atomic mass is 9.81. The van der Waals surface area contributed by atoms with Gasteiger partial charge in [-0.1, -0.05) is 44.2 Å². The first-order valence-electron chi connectivity index (χ1n) is 17.2. The van der Waals surface area contributed by atoms with Gasteiger partial charge in [0, 0.05) is 60.3 Å². The van der Waals surface area contributed by atoms with Gasteiger partial charge in [0.2, 0.25) is 0 Å². The van der Waals surface area contributed by atoms with Crippen LogP contribution in [0.25, 0.3) is 22.4 Å². The van der Waals surface area contributed by atoms with Crippen molar-refractivity contribution in [2.24, 2.45) is 5.41 Å². The predicted octanol–water partition coefficient (Wildman–Crippen LogP) is 7.96. The lowest BCUT2D eigenvalue weighted by Crippen LogP contribution is -2.39. The molecule has 2 aliphatic heterocycles. The summed E-state index contributed by atoms with van der Waals surface area (Å²) in [6.07, 6.45) is 3.38. The first-order valence-corrected chi connectivity index (χ1v) is 17.2. The normalized spacial score (nSPS) is 16.7. The molecule has 0 bridgehead atoms. The maximum Gasteiger partial charge on any atom is 0.337 e. The molecular weight excluding hydrogens is 614 g/mol. The third-order valence-corrected chi connectivity index (χ3v) is 9.82. The minimum absolute atomic E-state index is 0.234. The third kappa shape index (κ3) is 7.42. The van der Waals surface area contributed by atoms with Crippen molar-refractivity contribution >= 4 is 17.5 Å². The highest BCUT2D eigenvalue weighted by Gasteiger charge is 2.36. The van der Waals surface area contributed by atoms with Gasteiger partial charge >= 0.3 is 5.97 Å². The Morgan fingerprint density at radius 1 is 0.918 bits per heavy atom. The van der Waals surface area contributed by atoms with E-state index in [9.17, 15) is 9.90 Å². The van der Waals surface area contributed by atoms with E-state index in [0.29, 0.717) is 11.3 Å². The number of nitrogens with zero attached hydrogens (tertiary/aromatic N) is 5. The van der Waals surface area contributed by atoms with E-state index in [1.807, 2.05) is 65.0 Å². The highest BCUT2D eigenvalue weighted by atomic mass is 16.5. The van der Waals surface area contributed by atoms with Crippen LogP contribution >= 0.6 is 0 Å². The zero-order chi connectivity index (χ0) is 35.1. The van der Waals surface area contributed by atoms with E-state index in [2.05, 4.69) is 51.8 Å². The van der Waals surface area contributed by atoms with Crippen LogP contribution in [0.1, 0.15) is 81.6 Å². The van der Waals surface area contributed by atoms with Gasteiger partial charge in [-0.3, -0.25) is 4.98 Å². The molecule has 0 radical (unpaired) electrons. The van der Waals surface area contributed by atoms with Crippen LogP contribution in [0.5, 0.6) is 5.75 Å². The number of aliphatic carboxylic acids is 1. The Balaban J connectivity index is 1.38. The summed E-state index contributed by atoms with van der Waals surface area (Å²) in [5.41, 5.74) is 9.18. The Bertz CT molecular complexity index is 1850. The van der Waals surface area contributed by atoms with Crippen LogP contribution in [-0.4, -0.2) is 58.4 Å². The quantitative estimate of drug-likeness (QED) is 0.201. The number of carbonyl (C=O) groups is 1. The molecule has 4 heterocycles. The molecule has 1 fully saturated rings. The fourth-order valence-corrected chi connectivity index (χ4v) is 7.12. The first-order chi connectivity index (χ1) is 23.2. The van der Waals surface area contributed by atoms with Crippen molar-refractivity contribution < 1.29 is 19.4 Å². The Morgan fingerprint density at radius 3 is 2.37 bits per heavy atom. The second-order valence-corrected chi connectivity index (χ2v) is 15.2. The monoisotopic (exact) mass is 663 g/mol. The fourth-order valence-electron chi connectivity index (χ4n) is 7.12. The summed E-state index contributed by atoms with van der Waals surface area (Å²) in [5, 5.41) is 10.5. The zero-order valence-electron chi connectivity index (χ0n) is 30.1. The number of carboxylic acid groups (broad SMARTS) is 1. The van der Waals surface area contributed by atoms with Crippen LogP contribution in [-0.2, 0) is 22.5 Å². The molecule has 258 valence electrons. The van der Waals surface area contributed by atoms with Gasteiger partial charge in [0.05, 0.1) is 24.1 Å². The SMILES string of the molecule is COc1cccc(-c2cc(N3CCc4cc(-c5c(C)nc(C)c([C@H](OC(C)(C)C)C(=O)O)c5N5CCC(C)(C)CC5)ccc4C3)ncn2)c1. The average molecular weight is 664 g/mol. The number of benzene rings is 2. The number of pyridine rings is 1. The predicted molar refractivity (Wildman–Crippen MR) is 194 cm³/mol. The number of carboxylic acids is 1. The van der Waals surface area contributed by atoms with Crippen LogP contribution in [0.3, 0.4) is 0 Å². The Labute approximate surface area is 290 Å². The van der Waals surface area contributed by atoms with E-state index in [4.69, 9.17) is 14.5 Å². The summed E-state index contributed by atoms with van der Waals surface area (Å²) in [5.74, 6) is 0.677. The lowest BCUT2D eigenvalue weighted by molar-refractivity contribution is -0.160. The van der Waals surface area contributed by atoms with Crippen LogP contribution in [0.4, 0.5) is 11.5 Å².